The Morgan fingerprint density at radius 3 is 2.45 bits per heavy atom. The number of nitrogens with one attached hydrogen (secondary N) is 1. The molecule has 116 valence electrons. The van der Waals surface area contributed by atoms with E-state index in [0.717, 1.165) is 16.9 Å². The predicted octanol–water partition coefficient (Wildman–Crippen LogP) is 3.94. The first-order valence-corrected chi connectivity index (χ1v) is 7.48. The Morgan fingerprint density at radius 2 is 1.86 bits per heavy atom. The number of carbonyl (C=O) groups is 1. The van der Waals surface area contributed by atoms with Crippen LogP contribution in [0.3, 0.4) is 0 Å². The average Bonchev–Trinajstić information content (AvgIpc) is 2.47. The molecule has 0 radical (unpaired) electrons. The van der Waals surface area contributed by atoms with E-state index in [4.69, 9.17) is 16.3 Å². The molecule has 0 bridgehead atoms. The molecular formula is C18H20ClNO2. The molecule has 4 heteroatoms. The third-order valence-corrected chi connectivity index (χ3v) is 3.76. The molecule has 3 nitrogen and oxygen atoms in total. The summed E-state index contributed by atoms with van der Waals surface area (Å²) in [6, 6.07) is 15.0. The van der Waals surface area contributed by atoms with Crippen molar-refractivity contribution in [3.63, 3.8) is 0 Å². The lowest BCUT2D eigenvalue weighted by atomic mass is 9.94. The summed E-state index contributed by atoms with van der Waals surface area (Å²) < 4.78 is 5.11. The third-order valence-electron chi connectivity index (χ3n) is 3.52. The molecule has 0 aliphatic carbocycles. The molecule has 2 aromatic rings. The van der Waals surface area contributed by atoms with Gasteiger partial charge in [0.25, 0.3) is 0 Å². The van der Waals surface area contributed by atoms with Crippen LogP contribution in [-0.4, -0.2) is 13.0 Å². The van der Waals surface area contributed by atoms with Crippen LogP contribution in [0.25, 0.3) is 0 Å². The van der Waals surface area contributed by atoms with Gasteiger partial charge in [0.15, 0.2) is 0 Å². The van der Waals surface area contributed by atoms with E-state index < -0.39 is 5.54 Å². The zero-order chi connectivity index (χ0) is 16.2. The predicted molar refractivity (Wildman–Crippen MR) is 89.3 cm³/mol. The molecular weight excluding hydrogens is 298 g/mol. The highest BCUT2D eigenvalue weighted by atomic mass is 35.5. The Kier molecular flexibility index (Phi) is 5.09. The molecule has 0 heterocycles. The van der Waals surface area contributed by atoms with Crippen LogP contribution in [0.5, 0.6) is 5.75 Å². The molecule has 0 saturated carbocycles. The van der Waals surface area contributed by atoms with Crippen LogP contribution in [0.1, 0.15) is 25.0 Å². The van der Waals surface area contributed by atoms with Crippen LogP contribution < -0.4 is 10.1 Å². The summed E-state index contributed by atoms with van der Waals surface area (Å²) in [6.45, 7) is 3.93. The Bertz CT molecular complexity index is 650. The van der Waals surface area contributed by atoms with Gasteiger partial charge in [-0.15, -0.1) is 0 Å². The SMILES string of the molecule is COc1ccc(CC(=O)NC(C)(C)c2cccc(Cl)c2)cc1. The third kappa shape index (κ3) is 4.25. The maximum Gasteiger partial charge on any atom is 0.225 e. The number of hydrogen-bond acceptors (Lipinski definition) is 2. The topological polar surface area (TPSA) is 38.3 Å². The number of ether oxygens (including phenoxy) is 1. The maximum absolute atomic E-state index is 12.3. The van der Waals surface area contributed by atoms with Gasteiger partial charge in [0.05, 0.1) is 19.1 Å². The van der Waals surface area contributed by atoms with E-state index >= 15 is 0 Å². The zero-order valence-electron chi connectivity index (χ0n) is 13.0. The van der Waals surface area contributed by atoms with E-state index in [2.05, 4.69) is 5.32 Å². The largest absolute Gasteiger partial charge is 0.497 e. The Labute approximate surface area is 136 Å². The summed E-state index contributed by atoms with van der Waals surface area (Å²) in [4.78, 5) is 12.3. The average molecular weight is 318 g/mol. The van der Waals surface area contributed by atoms with Crippen molar-refractivity contribution in [2.45, 2.75) is 25.8 Å². The number of rotatable bonds is 5. The molecule has 22 heavy (non-hydrogen) atoms. The van der Waals surface area contributed by atoms with E-state index in [-0.39, 0.29) is 5.91 Å². The molecule has 2 aromatic carbocycles. The Morgan fingerprint density at radius 1 is 1.18 bits per heavy atom. The van der Waals surface area contributed by atoms with Gasteiger partial charge < -0.3 is 10.1 Å². The van der Waals surface area contributed by atoms with Crippen LogP contribution in [0.15, 0.2) is 48.5 Å². The number of halogens is 1. The van der Waals surface area contributed by atoms with Crippen molar-refractivity contribution in [3.8, 4) is 5.75 Å². The molecule has 0 fully saturated rings. The van der Waals surface area contributed by atoms with Crippen molar-refractivity contribution >= 4 is 17.5 Å². The van der Waals surface area contributed by atoms with Gasteiger partial charge >= 0.3 is 0 Å². The van der Waals surface area contributed by atoms with E-state index in [1.807, 2.05) is 62.4 Å². The lowest BCUT2D eigenvalue weighted by molar-refractivity contribution is -0.122. The van der Waals surface area contributed by atoms with Crippen molar-refractivity contribution in [3.05, 3.63) is 64.7 Å². The summed E-state index contributed by atoms with van der Waals surface area (Å²) >= 11 is 6.02. The highest BCUT2D eigenvalue weighted by molar-refractivity contribution is 6.30. The van der Waals surface area contributed by atoms with Crippen LogP contribution in [0.4, 0.5) is 0 Å². The second kappa shape index (κ2) is 6.84. The van der Waals surface area contributed by atoms with Crippen molar-refractivity contribution in [1.82, 2.24) is 5.32 Å². The minimum atomic E-state index is -0.478. The standard InChI is InChI=1S/C18H20ClNO2/c1-18(2,14-5-4-6-15(19)12-14)20-17(21)11-13-7-9-16(22-3)10-8-13/h4-10,12H,11H2,1-3H3,(H,20,21). The van der Waals surface area contributed by atoms with Gasteiger partial charge in [-0.25, -0.2) is 0 Å². The first-order valence-electron chi connectivity index (χ1n) is 7.11. The second-order valence-corrected chi connectivity index (χ2v) is 6.14. The van der Waals surface area contributed by atoms with Crippen molar-refractivity contribution in [2.24, 2.45) is 0 Å². The summed E-state index contributed by atoms with van der Waals surface area (Å²) in [5.74, 6) is 0.749. The molecule has 0 atom stereocenters. The van der Waals surface area contributed by atoms with Gasteiger partial charge in [-0.2, -0.15) is 0 Å². The van der Waals surface area contributed by atoms with E-state index in [9.17, 15) is 4.79 Å². The molecule has 1 N–H and O–H groups in total. The molecule has 0 unspecified atom stereocenters. The minimum Gasteiger partial charge on any atom is -0.497 e. The van der Waals surface area contributed by atoms with Crippen molar-refractivity contribution in [2.75, 3.05) is 7.11 Å². The summed E-state index contributed by atoms with van der Waals surface area (Å²) in [5.41, 5.74) is 1.44. The van der Waals surface area contributed by atoms with Gasteiger partial charge in [-0.05, 0) is 49.2 Å². The van der Waals surface area contributed by atoms with Crippen LogP contribution in [-0.2, 0) is 16.8 Å². The molecule has 1 amide bonds. The van der Waals surface area contributed by atoms with Gasteiger partial charge in [0, 0.05) is 5.02 Å². The monoisotopic (exact) mass is 317 g/mol. The van der Waals surface area contributed by atoms with Crippen molar-refractivity contribution < 1.29 is 9.53 Å². The Hall–Kier alpha value is -2.00. The fraction of sp³-hybridized carbons (Fsp3) is 0.278. The van der Waals surface area contributed by atoms with Crippen LogP contribution in [0.2, 0.25) is 5.02 Å². The van der Waals surface area contributed by atoms with Crippen LogP contribution in [0, 0.1) is 0 Å². The van der Waals surface area contributed by atoms with Gasteiger partial charge in [-0.3, -0.25) is 4.79 Å². The molecule has 0 saturated heterocycles. The summed E-state index contributed by atoms with van der Waals surface area (Å²) in [5, 5.41) is 3.71. The number of benzene rings is 2. The lowest BCUT2D eigenvalue weighted by Gasteiger charge is -2.27. The molecule has 0 spiro atoms. The van der Waals surface area contributed by atoms with Gasteiger partial charge in [0.2, 0.25) is 5.91 Å². The molecule has 0 aromatic heterocycles. The lowest BCUT2D eigenvalue weighted by Crippen LogP contribution is -2.41. The first kappa shape index (κ1) is 16.4. The van der Waals surface area contributed by atoms with Gasteiger partial charge in [-0.1, -0.05) is 35.9 Å². The molecule has 0 aliphatic rings. The molecule has 2 rings (SSSR count). The molecule has 0 aliphatic heterocycles. The number of amides is 1. The number of hydrogen-bond donors (Lipinski definition) is 1. The van der Waals surface area contributed by atoms with E-state index in [1.165, 1.54) is 0 Å². The Balaban J connectivity index is 2.03. The summed E-state index contributed by atoms with van der Waals surface area (Å²) in [6.07, 6.45) is 0.327. The number of carbonyl (C=O) groups excluding carboxylic acids is 1. The quantitative estimate of drug-likeness (QED) is 0.907. The fourth-order valence-corrected chi connectivity index (χ4v) is 2.46. The van der Waals surface area contributed by atoms with E-state index in [0.29, 0.717) is 11.4 Å². The normalized spacial score (nSPS) is 11.1. The highest BCUT2D eigenvalue weighted by Crippen LogP contribution is 2.23. The summed E-state index contributed by atoms with van der Waals surface area (Å²) in [7, 11) is 1.62. The van der Waals surface area contributed by atoms with Crippen LogP contribution >= 0.6 is 11.6 Å². The zero-order valence-corrected chi connectivity index (χ0v) is 13.8. The number of methoxy groups -OCH3 is 1. The first-order chi connectivity index (χ1) is 10.4. The highest BCUT2D eigenvalue weighted by Gasteiger charge is 2.23. The smallest absolute Gasteiger partial charge is 0.225 e. The maximum atomic E-state index is 12.3. The fourth-order valence-electron chi connectivity index (χ4n) is 2.27. The second-order valence-electron chi connectivity index (χ2n) is 5.71. The van der Waals surface area contributed by atoms with Gasteiger partial charge in [0.1, 0.15) is 5.75 Å². The van der Waals surface area contributed by atoms with Crippen molar-refractivity contribution in [1.29, 1.82) is 0 Å². The minimum absolute atomic E-state index is 0.0323. The van der Waals surface area contributed by atoms with E-state index in [1.54, 1.807) is 7.11 Å².